The summed E-state index contributed by atoms with van der Waals surface area (Å²) in [5.74, 6) is 0. The Morgan fingerprint density at radius 2 is 0.839 bits per heavy atom. The van der Waals surface area contributed by atoms with E-state index in [2.05, 4.69) is 111 Å². The highest BCUT2D eigenvalue weighted by molar-refractivity contribution is 5.82. The molecule has 0 N–H and O–H groups in total. The SMILES string of the molecule is CCC1(CCC2(C)c3ccccc3-c3ccccc32)c2ccccc2-c2ccccc21. The van der Waals surface area contributed by atoms with E-state index in [9.17, 15) is 0 Å². The predicted octanol–water partition coefficient (Wildman–Crippen LogP) is 8.13. The lowest BCUT2D eigenvalue weighted by atomic mass is 9.67. The summed E-state index contributed by atoms with van der Waals surface area (Å²) in [7, 11) is 0. The maximum Gasteiger partial charge on any atom is 0.0213 e. The van der Waals surface area contributed by atoms with Crippen molar-refractivity contribution in [1.29, 1.82) is 0 Å². The molecule has 0 heterocycles. The fourth-order valence-corrected chi connectivity index (χ4v) is 6.52. The minimum atomic E-state index is 0.0435. The summed E-state index contributed by atoms with van der Waals surface area (Å²) in [6.45, 7) is 4.84. The second kappa shape index (κ2) is 6.69. The molecule has 0 aliphatic heterocycles. The molecule has 2 aliphatic carbocycles. The number of hydrogen-bond acceptors (Lipinski definition) is 0. The van der Waals surface area contributed by atoms with Crippen LogP contribution in [-0.2, 0) is 10.8 Å². The molecule has 0 radical (unpaired) electrons. The van der Waals surface area contributed by atoms with Crippen molar-refractivity contribution >= 4 is 0 Å². The van der Waals surface area contributed by atoms with Crippen LogP contribution < -0.4 is 0 Å². The zero-order valence-electron chi connectivity index (χ0n) is 18.4. The predicted molar refractivity (Wildman–Crippen MR) is 131 cm³/mol. The van der Waals surface area contributed by atoms with Gasteiger partial charge in [-0.1, -0.05) is 111 Å². The Morgan fingerprint density at radius 3 is 1.26 bits per heavy atom. The fourth-order valence-electron chi connectivity index (χ4n) is 6.52. The first-order chi connectivity index (χ1) is 15.2. The van der Waals surface area contributed by atoms with E-state index in [1.54, 1.807) is 0 Å². The minimum Gasteiger partial charge on any atom is -0.0642 e. The van der Waals surface area contributed by atoms with Crippen molar-refractivity contribution in [3.05, 3.63) is 119 Å². The third-order valence-electron chi connectivity index (χ3n) is 8.16. The first-order valence-electron chi connectivity index (χ1n) is 11.6. The summed E-state index contributed by atoms with van der Waals surface area (Å²) in [6.07, 6.45) is 3.41. The van der Waals surface area contributed by atoms with E-state index in [0.717, 1.165) is 19.3 Å². The molecule has 31 heavy (non-hydrogen) atoms. The van der Waals surface area contributed by atoms with Crippen molar-refractivity contribution in [3.8, 4) is 22.3 Å². The molecule has 4 aromatic carbocycles. The molecule has 0 nitrogen and oxygen atoms in total. The highest BCUT2D eigenvalue weighted by atomic mass is 14.5. The molecule has 0 atom stereocenters. The summed E-state index contributed by atoms with van der Waals surface area (Å²) in [6, 6.07) is 36.3. The minimum absolute atomic E-state index is 0.0435. The first kappa shape index (κ1) is 18.6. The van der Waals surface area contributed by atoms with E-state index in [1.165, 1.54) is 44.5 Å². The van der Waals surface area contributed by atoms with Crippen molar-refractivity contribution < 1.29 is 0 Å². The highest BCUT2D eigenvalue weighted by Crippen LogP contribution is 2.57. The molecule has 0 aromatic heterocycles. The van der Waals surface area contributed by atoms with Gasteiger partial charge in [0.25, 0.3) is 0 Å². The lowest BCUT2D eigenvalue weighted by Gasteiger charge is -2.36. The Morgan fingerprint density at radius 1 is 0.484 bits per heavy atom. The molecule has 0 unspecified atom stereocenters. The summed E-state index contributed by atoms with van der Waals surface area (Å²) in [4.78, 5) is 0. The zero-order chi connectivity index (χ0) is 21.1. The van der Waals surface area contributed by atoms with Crippen LogP contribution in [0.15, 0.2) is 97.1 Å². The van der Waals surface area contributed by atoms with Gasteiger partial charge < -0.3 is 0 Å². The van der Waals surface area contributed by atoms with Crippen molar-refractivity contribution in [2.24, 2.45) is 0 Å². The number of benzene rings is 4. The molecule has 2 aliphatic rings. The summed E-state index contributed by atoms with van der Waals surface area (Å²) in [5.41, 5.74) is 11.8. The van der Waals surface area contributed by atoms with E-state index >= 15 is 0 Å². The van der Waals surface area contributed by atoms with Crippen molar-refractivity contribution in [2.75, 3.05) is 0 Å². The molecular formula is C31H28. The average Bonchev–Trinajstić information content (AvgIpc) is 3.27. The van der Waals surface area contributed by atoms with Gasteiger partial charge in [0.2, 0.25) is 0 Å². The Kier molecular flexibility index (Phi) is 4.02. The third kappa shape index (κ3) is 2.42. The van der Waals surface area contributed by atoms with Crippen molar-refractivity contribution in [2.45, 2.75) is 43.9 Å². The molecule has 6 rings (SSSR count). The van der Waals surface area contributed by atoms with E-state index in [-0.39, 0.29) is 10.8 Å². The quantitative estimate of drug-likeness (QED) is 0.324. The molecule has 0 bridgehead atoms. The van der Waals surface area contributed by atoms with Crippen LogP contribution in [0, 0.1) is 0 Å². The topological polar surface area (TPSA) is 0 Å². The second-order valence-electron chi connectivity index (χ2n) is 9.45. The number of fused-ring (bicyclic) bond motifs is 6. The van der Waals surface area contributed by atoms with Gasteiger partial charge in [-0.3, -0.25) is 0 Å². The Labute approximate surface area is 185 Å². The van der Waals surface area contributed by atoms with E-state index in [0.29, 0.717) is 0 Å². The van der Waals surface area contributed by atoms with Crippen LogP contribution in [0.4, 0.5) is 0 Å². The van der Waals surface area contributed by atoms with Gasteiger partial charge in [0.15, 0.2) is 0 Å². The molecule has 152 valence electrons. The molecule has 0 spiro atoms. The van der Waals surface area contributed by atoms with Gasteiger partial charge in [-0.15, -0.1) is 0 Å². The largest absolute Gasteiger partial charge is 0.0642 e. The van der Waals surface area contributed by atoms with Crippen LogP contribution in [0.5, 0.6) is 0 Å². The van der Waals surface area contributed by atoms with Gasteiger partial charge in [-0.05, 0) is 63.8 Å². The molecule has 0 fully saturated rings. The van der Waals surface area contributed by atoms with Crippen LogP contribution in [0.3, 0.4) is 0 Å². The Balaban J connectivity index is 1.48. The summed E-state index contributed by atoms with van der Waals surface area (Å²) in [5, 5.41) is 0. The summed E-state index contributed by atoms with van der Waals surface area (Å²) < 4.78 is 0. The van der Waals surface area contributed by atoms with E-state index in [4.69, 9.17) is 0 Å². The van der Waals surface area contributed by atoms with Crippen molar-refractivity contribution in [1.82, 2.24) is 0 Å². The van der Waals surface area contributed by atoms with Crippen LogP contribution in [0.1, 0.15) is 55.4 Å². The van der Waals surface area contributed by atoms with Crippen LogP contribution in [0.25, 0.3) is 22.3 Å². The van der Waals surface area contributed by atoms with Gasteiger partial charge >= 0.3 is 0 Å². The third-order valence-corrected chi connectivity index (χ3v) is 8.16. The lowest BCUT2D eigenvalue weighted by molar-refractivity contribution is 0.392. The molecule has 4 aromatic rings. The van der Waals surface area contributed by atoms with Gasteiger partial charge in [0.1, 0.15) is 0 Å². The van der Waals surface area contributed by atoms with Crippen LogP contribution in [-0.4, -0.2) is 0 Å². The molecule has 0 amide bonds. The molecular weight excluding hydrogens is 372 g/mol. The lowest BCUT2D eigenvalue weighted by Crippen LogP contribution is -2.29. The van der Waals surface area contributed by atoms with Gasteiger partial charge in [0, 0.05) is 10.8 Å². The molecule has 0 saturated carbocycles. The standard InChI is InChI=1S/C31H28/c1-3-31(28-18-10-6-14-24(28)25-15-7-11-19-29(25)31)21-20-30(2)26-16-8-4-12-22(26)23-13-5-9-17-27(23)30/h4-19H,3,20-21H2,1-2H3. The highest BCUT2D eigenvalue weighted by Gasteiger charge is 2.45. The Hall–Kier alpha value is -3.12. The van der Waals surface area contributed by atoms with E-state index in [1.807, 2.05) is 0 Å². The average molecular weight is 401 g/mol. The maximum absolute atomic E-state index is 2.47. The fraction of sp³-hybridized carbons (Fsp3) is 0.226. The smallest absolute Gasteiger partial charge is 0.0213 e. The second-order valence-corrected chi connectivity index (χ2v) is 9.45. The maximum atomic E-state index is 2.47. The normalized spacial score (nSPS) is 16.3. The van der Waals surface area contributed by atoms with Crippen molar-refractivity contribution in [3.63, 3.8) is 0 Å². The van der Waals surface area contributed by atoms with Gasteiger partial charge in [-0.2, -0.15) is 0 Å². The van der Waals surface area contributed by atoms with Gasteiger partial charge in [-0.25, -0.2) is 0 Å². The van der Waals surface area contributed by atoms with Crippen LogP contribution >= 0.6 is 0 Å². The molecule has 0 heteroatoms. The molecule has 0 saturated heterocycles. The van der Waals surface area contributed by atoms with Gasteiger partial charge in [0.05, 0.1) is 0 Å². The summed E-state index contributed by atoms with van der Waals surface area (Å²) >= 11 is 0. The first-order valence-corrected chi connectivity index (χ1v) is 11.6. The Bertz CT molecular complexity index is 1200. The monoisotopic (exact) mass is 400 g/mol. The number of rotatable bonds is 4. The van der Waals surface area contributed by atoms with Crippen LogP contribution in [0.2, 0.25) is 0 Å². The number of hydrogen-bond donors (Lipinski definition) is 0. The van der Waals surface area contributed by atoms with E-state index < -0.39 is 0 Å². The zero-order valence-corrected chi connectivity index (χ0v) is 18.4.